The Labute approximate surface area is 152 Å². The van der Waals surface area contributed by atoms with Gasteiger partial charge in [-0.15, -0.1) is 11.3 Å². The van der Waals surface area contributed by atoms with Crippen molar-refractivity contribution in [3.63, 3.8) is 0 Å². The van der Waals surface area contributed by atoms with E-state index in [1.54, 1.807) is 6.92 Å². The lowest BCUT2D eigenvalue weighted by Crippen LogP contribution is -2.10. The van der Waals surface area contributed by atoms with Crippen molar-refractivity contribution in [3.05, 3.63) is 51.9 Å². The van der Waals surface area contributed by atoms with Gasteiger partial charge in [0.1, 0.15) is 4.88 Å². The van der Waals surface area contributed by atoms with Crippen molar-refractivity contribution in [2.45, 2.75) is 33.5 Å². The Balaban J connectivity index is 2.18. The topological polar surface area (TPSA) is 67.8 Å². The fraction of sp³-hybridized carbons (Fsp3) is 0.421. The Hall–Kier alpha value is -1.89. The molecule has 25 heavy (non-hydrogen) atoms. The van der Waals surface area contributed by atoms with Gasteiger partial charge in [-0.05, 0) is 38.3 Å². The number of aliphatic hydroxyl groups is 1. The van der Waals surface area contributed by atoms with Crippen molar-refractivity contribution >= 4 is 22.3 Å². The maximum atomic E-state index is 12.1. The molecule has 6 heteroatoms. The Morgan fingerprint density at radius 3 is 2.60 bits per heavy atom. The molecule has 0 aliphatic carbocycles. The number of aliphatic hydroxyl groups excluding tert-OH is 1. The second kappa shape index (κ2) is 9.56. The first-order valence-electron chi connectivity index (χ1n) is 8.46. The third kappa shape index (κ3) is 5.04. The largest absolute Gasteiger partial charge is 0.462 e. The first kappa shape index (κ1) is 19.4. The molecule has 136 valence electrons. The van der Waals surface area contributed by atoms with Crippen LogP contribution in [0.3, 0.4) is 0 Å². The van der Waals surface area contributed by atoms with Crippen molar-refractivity contribution in [1.29, 1.82) is 0 Å². The first-order chi connectivity index (χ1) is 12.1. The fourth-order valence-corrected chi connectivity index (χ4v) is 3.70. The second-order valence-electron chi connectivity index (χ2n) is 5.49. The van der Waals surface area contributed by atoms with Gasteiger partial charge >= 0.3 is 5.97 Å². The van der Waals surface area contributed by atoms with Crippen LogP contribution in [0, 0.1) is 6.92 Å². The van der Waals surface area contributed by atoms with Crippen LogP contribution in [0.2, 0.25) is 0 Å². The zero-order valence-corrected chi connectivity index (χ0v) is 15.7. The average Bonchev–Trinajstić information content (AvgIpc) is 2.93. The summed E-state index contributed by atoms with van der Waals surface area (Å²) in [5.41, 5.74) is 2.54. The maximum absolute atomic E-state index is 12.1. The highest BCUT2D eigenvalue weighted by Gasteiger charge is 2.25. The molecule has 1 heterocycles. The van der Waals surface area contributed by atoms with Gasteiger partial charge in [0.15, 0.2) is 6.29 Å². The molecule has 0 saturated carbocycles. The molecule has 1 unspecified atom stereocenters. The number of anilines is 1. The van der Waals surface area contributed by atoms with Crippen LogP contribution in [0.25, 0.3) is 0 Å². The number of carbonyl (C=O) groups excluding carboxylic acids is 1. The summed E-state index contributed by atoms with van der Waals surface area (Å²) < 4.78 is 10.4. The molecule has 1 aromatic heterocycles. The summed E-state index contributed by atoms with van der Waals surface area (Å²) in [6.07, 6.45) is -0.222. The van der Waals surface area contributed by atoms with Gasteiger partial charge in [0.25, 0.3) is 0 Å². The van der Waals surface area contributed by atoms with Crippen molar-refractivity contribution in [2.75, 3.05) is 25.1 Å². The highest BCUT2D eigenvalue weighted by molar-refractivity contribution is 7.18. The van der Waals surface area contributed by atoms with E-state index in [-0.39, 0.29) is 5.97 Å². The second-order valence-corrected chi connectivity index (χ2v) is 6.51. The number of hydrogen-bond acceptors (Lipinski definition) is 6. The van der Waals surface area contributed by atoms with E-state index in [0.717, 1.165) is 11.4 Å². The monoisotopic (exact) mass is 363 g/mol. The summed E-state index contributed by atoms with van der Waals surface area (Å²) >= 11 is 1.30. The smallest absolute Gasteiger partial charge is 0.348 e. The van der Waals surface area contributed by atoms with Crippen molar-refractivity contribution < 1.29 is 19.4 Å². The van der Waals surface area contributed by atoms with E-state index in [2.05, 4.69) is 17.4 Å². The molecule has 2 N–H and O–H groups in total. The van der Waals surface area contributed by atoms with Gasteiger partial charge in [-0.1, -0.05) is 30.3 Å². The van der Waals surface area contributed by atoms with E-state index in [4.69, 9.17) is 9.47 Å². The molecule has 0 radical (unpaired) electrons. The molecule has 0 bridgehead atoms. The normalized spacial score (nSPS) is 12.0. The van der Waals surface area contributed by atoms with Crippen LogP contribution in [-0.4, -0.2) is 30.8 Å². The predicted octanol–water partition coefficient (Wildman–Crippen LogP) is 3.92. The summed E-state index contributed by atoms with van der Waals surface area (Å²) in [6, 6.07) is 10.1. The number of hydrogen-bond donors (Lipinski definition) is 2. The molecule has 1 aromatic carbocycles. The number of nitrogens with one attached hydrogen (secondary N) is 1. The van der Waals surface area contributed by atoms with Crippen molar-refractivity contribution in [1.82, 2.24) is 0 Å². The SMILES string of the molecule is CCOC(=O)c1sc(NCCc2ccccc2)c(C(O)OCC)c1C. The van der Waals surface area contributed by atoms with Crippen LogP contribution in [0.5, 0.6) is 0 Å². The van der Waals surface area contributed by atoms with Crippen LogP contribution < -0.4 is 5.32 Å². The van der Waals surface area contributed by atoms with Crippen LogP contribution in [0.4, 0.5) is 5.00 Å². The average molecular weight is 363 g/mol. The summed E-state index contributed by atoms with van der Waals surface area (Å²) in [6.45, 7) is 6.79. The number of rotatable bonds is 9. The molecular formula is C19H25NO4S. The molecule has 0 fully saturated rings. The highest BCUT2D eigenvalue weighted by atomic mass is 32.1. The first-order valence-corrected chi connectivity index (χ1v) is 9.27. The van der Waals surface area contributed by atoms with Crippen molar-refractivity contribution in [2.24, 2.45) is 0 Å². The predicted molar refractivity (Wildman–Crippen MR) is 100 cm³/mol. The van der Waals surface area contributed by atoms with E-state index in [9.17, 15) is 9.90 Å². The van der Waals surface area contributed by atoms with Gasteiger partial charge in [0.05, 0.1) is 11.6 Å². The van der Waals surface area contributed by atoms with E-state index < -0.39 is 6.29 Å². The molecule has 0 spiro atoms. The third-order valence-corrected chi connectivity index (χ3v) is 5.01. The summed E-state index contributed by atoms with van der Waals surface area (Å²) in [4.78, 5) is 12.6. The number of ether oxygens (including phenoxy) is 2. The molecule has 0 saturated heterocycles. The Morgan fingerprint density at radius 1 is 1.24 bits per heavy atom. The van der Waals surface area contributed by atoms with Gasteiger partial charge in [0, 0.05) is 18.7 Å². The minimum Gasteiger partial charge on any atom is -0.462 e. The number of esters is 1. The minimum absolute atomic E-state index is 0.316. The lowest BCUT2D eigenvalue weighted by molar-refractivity contribution is -0.0976. The summed E-state index contributed by atoms with van der Waals surface area (Å²) in [7, 11) is 0. The zero-order valence-electron chi connectivity index (χ0n) is 14.9. The molecule has 1 atom stereocenters. The van der Waals surface area contributed by atoms with Gasteiger partial charge in [-0.3, -0.25) is 0 Å². The molecule has 2 rings (SSSR count). The number of benzene rings is 1. The highest BCUT2D eigenvalue weighted by Crippen LogP contribution is 2.38. The minimum atomic E-state index is -1.07. The third-order valence-electron chi connectivity index (χ3n) is 3.77. The van der Waals surface area contributed by atoms with E-state index >= 15 is 0 Å². The maximum Gasteiger partial charge on any atom is 0.348 e. The van der Waals surface area contributed by atoms with Crippen LogP contribution in [0.15, 0.2) is 30.3 Å². The molecule has 0 aliphatic heterocycles. The van der Waals surface area contributed by atoms with Crippen molar-refractivity contribution in [3.8, 4) is 0 Å². The van der Waals surface area contributed by atoms with Gasteiger partial charge < -0.3 is 19.9 Å². The van der Waals surface area contributed by atoms with E-state index in [0.29, 0.717) is 35.8 Å². The molecule has 5 nitrogen and oxygen atoms in total. The fourth-order valence-electron chi connectivity index (χ4n) is 2.55. The van der Waals surface area contributed by atoms with Crippen LogP contribution in [-0.2, 0) is 15.9 Å². The van der Waals surface area contributed by atoms with E-state index in [1.165, 1.54) is 16.9 Å². The number of carbonyl (C=O) groups is 1. The Bertz CT molecular complexity index is 684. The molecule has 0 amide bonds. The van der Waals surface area contributed by atoms with Gasteiger partial charge in [-0.25, -0.2) is 4.79 Å². The quantitative estimate of drug-likeness (QED) is 0.522. The molecular weight excluding hydrogens is 338 g/mol. The summed E-state index contributed by atoms with van der Waals surface area (Å²) in [5.74, 6) is -0.369. The van der Waals surface area contributed by atoms with E-state index in [1.807, 2.05) is 32.0 Å². The lowest BCUT2D eigenvalue weighted by atomic mass is 10.1. The molecule has 2 aromatic rings. The van der Waals surface area contributed by atoms with Crippen LogP contribution in [0.1, 0.15) is 46.5 Å². The zero-order chi connectivity index (χ0) is 18.2. The Morgan fingerprint density at radius 2 is 1.96 bits per heavy atom. The molecule has 0 aliphatic rings. The lowest BCUT2D eigenvalue weighted by Gasteiger charge is -2.14. The standard InChI is InChI=1S/C19H25NO4S/c1-4-23-18(21)15-13(3)16(19(22)24-5-2)25-17(15)20-12-11-14-9-7-6-8-10-14/h6-10,18,20-21H,4-5,11-12H2,1-3H3. The number of thiophene rings is 1. The van der Waals surface area contributed by atoms with Crippen LogP contribution >= 0.6 is 11.3 Å². The summed E-state index contributed by atoms with van der Waals surface area (Å²) in [5, 5.41) is 14.4. The van der Waals surface area contributed by atoms with Gasteiger partial charge in [0.2, 0.25) is 0 Å². The van der Waals surface area contributed by atoms with Gasteiger partial charge in [-0.2, -0.15) is 0 Å². The Kier molecular flexibility index (Phi) is 7.43.